The summed E-state index contributed by atoms with van der Waals surface area (Å²) in [5.41, 5.74) is 0.545. The Labute approximate surface area is 126 Å². The van der Waals surface area contributed by atoms with Crippen LogP contribution in [0, 0.1) is 0 Å². The molecule has 1 unspecified atom stereocenters. The van der Waals surface area contributed by atoms with E-state index in [2.05, 4.69) is 5.10 Å². The Bertz CT molecular complexity index is 745. The van der Waals surface area contributed by atoms with Gasteiger partial charge in [0.2, 0.25) is 0 Å². The number of carbonyl (C=O) groups is 1. The van der Waals surface area contributed by atoms with E-state index in [1.54, 1.807) is 7.11 Å². The first-order valence-electron chi connectivity index (χ1n) is 7.14. The van der Waals surface area contributed by atoms with E-state index < -0.39 is 12.0 Å². The highest BCUT2D eigenvalue weighted by Crippen LogP contribution is 2.22. The van der Waals surface area contributed by atoms with Crippen LogP contribution in [0.25, 0.3) is 0 Å². The number of rotatable bonds is 4. The molecule has 0 fully saturated rings. The average molecular weight is 303 g/mol. The molecule has 116 valence electrons. The molecule has 1 atom stereocenters. The van der Waals surface area contributed by atoms with Gasteiger partial charge in [-0.2, -0.15) is 5.10 Å². The van der Waals surface area contributed by atoms with Crippen LogP contribution >= 0.6 is 0 Å². The van der Waals surface area contributed by atoms with Crippen molar-refractivity contribution < 1.29 is 14.6 Å². The minimum absolute atomic E-state index is 0.315. The molecular formula is C15H17N3O4. The molecule has 0 spiro atoms. The van der Waals surface area contributed by atoms with Crippen molar-refractivity contribution in [3.8, 4) is 5.75 Å². The maximum Gasteiger partial charge on any atom is 0.347 e. The van der Waals surface area contributed by atoms with Crippen molar-refractivity contribution in [3.63, 3.8) is 0 Å². The zero-order valence-electron chi connectivity index (χ0n) is 12.2. The first-order valence-corrected chi connectivity index (χ1v) is 7.14. The molecule has 1 aliphatic heterocycles. The van der Waals surface area contributed by atoms with Gasteiger partial charge >= 0.3 is 11.7 Å². The van der Waals surface area contributed by atoms with Gasteiger partial charge < -0.3 is 9.84 Å². The van der Waals surface area contributed by atoms with Crippen molar-refractivity contribution in [2.45, 2.75) is 31.8 Å². The van der Waals surface area contributed by atoms with Gasteiger partial charge in [0.1, 0.15) is 17.6 Å². The van der Waals surface area contributed by atoms with Gasteiger partial charge in [0.25, 0.3) is 0 Å². The number of aryl methyl sites for hydroxylation is 1. The van der Waals surface area contributed by atoms with Crippen molar-refractivity contribution in [2.24, 2.45) is 0 Å². The van der Waals surface area contributed by atoms with Crippen molar-refractivity contribution in [1.82, 2.24) is 14.3 Å². The lowest BCUT2D eigenvalue weighted by molar-refractivity contribution is -0.141. The van der Waals surface area contributed by atoms with Crippen LogP contribution < -0.4 is 10.4 Å². The normalized spacial score (nSPS) is 17.0. The Kier molecular flexibility index (Phi) is 3.70. The molecule has 0 aliphatic carbocycles. The zero-order valence-corrected chi connectivity index (χ0v) is 12.2. The Hall–Kier alpha value is -2.57. The monoisotopic (exact) mass is 303 g/mol. The first kappa shape index (κ1) is 14.4. The summed E-state index contributed by atoms with van der Waals surface area (Å²) in [5.74, 6) is 0.315. The van der Waals surface area contributed by atoms with Gasteiger partial charge in [-0.15, -0.1) is 0 Å². The van der Waals surface area contributed by atoms with Gasteiger partial charge in [0, 0.05) is 6.42 Å². The van der Waals surface area contributed by atoms with Gasteiger partial charge in [-0.05, 0) is 30.5 Å². The number of aromatic nitrogens is 3. The fraction of sp³-hybridized carbons (Fsp3) is 0.400. The van der Waals surface area contributed by atoms with Crippen LogP contribution in [0.5, 0.6) is 5.75 Å². The van der Waals surface area contributed by atoms with Crippen LogP contribution in [-0.2, 0) is 17.8 Å². The third-order valence-electron chi connectivity index (χ3n) is 3.91. The molecule has 7 nitrogen and oxygen atoms in total. The van der Waals surface area contributed by atoms with Gasteiger partial charge in [-0.3, -0.25) is 4.57 Å². The van der Waals surface area contributed by atoms with Crippen molar-refractivity contribution in [2.75, 3.05) is 7.11 Å². The predicted octanol–water partition coefficient (Wildman–Crippen LogP) is 1.06. The maximum absolute atomic E-state index is 12.4. The second-order valence-electron chi connectivity index (χ2n) is 5.32. The van der Waals surface area contributed by atoms with E-state index in [0.29, 0.717) is 25.2 Å². The topological polar surface area (TPSA) is 86.4 Å². The van der Waals surface area contributed by atoms with Gasteiger partial charge in [0.15, 0.2) is 0 Å². The fourth-order valence-electron chi connectivity index (χ4n) is 2.77. The van der Waals surface area contributed by atoms with E-state index in [0.717, 1.165) is 17.7 Å². The summed E-state index contributed by atoms with van der Waals surface area (Å²) < 4.78 is 7.74. The summed E-state index contributed by atoms with van der Waals surface area (Å²) in [5, 5.41) is 13.5. The van der Waals surface area contributed by atoms with E-state index in [9.17, 15) is 14.7 Å². The SMILES string of the molecule is COc1ccc(Cn2nc3n(c2=O)C(C(=O)O)CCC3)cc1. The molecular weight excluding hydrogens is 286 g/mol. The lowest BCUT2D eigenvalue weighted by atomic mass is 10.1. The number of benzene rings is 1. The first-order chi connectivity index (χ1) is 10.6. The van der Waals surface area contributed by atoms with Crippen LogP contribution in [0.3, 0.4) is 0 Å². The second kappa shape index (κ2) is 5.67. The van der Waals surface area contributed by atoms with Crippen LogP contribution in [0.1, 0.15) is 30.3 Å². The minimum Gasteiger partial charge on any atom is -0.497 e. The molecule has 2 heterocycles. The smallest absolute Gasteiger partial charge is 0.347 e. The summed E-state index contributed by atoms with van der Waals surface area (Å²) in [7, 11) is 1.59. The van der Waals surface area contributed by atoms with Crippen molar-refractivity contribution in [1.29, 1.82) is 0 Å². The van der Waals surface area contributed by atoms with Gasteiger partial charge in [-0.25, -0.2) is 14.3 Å². The molecule has 22 heavy (non-hydrogen) atoms. The molecule has 0 radical (unpaired) electrons. The molecule has 1 N–H and O–H groups in total. The number of hydrogen-bond acceptors (Lipinski definition) is 4. The maximum atomic E-state index is 12.4. The van der Waals surface area contributed by atoms with E-state index in [1.165, 1.54) is 9.25 Å². The summed E-state index contributed by atoms with van der Waals surface area (Å²) in [4.78, 5) is 23.7. The number of methoxy groups -OCH3 is 1. The summed E-state index contributed by atoms with van der Waals surface area (Å²) in [6.07, 6.45) is 1.83. The highest BCUT2D eigenvalue weighted by molar-refractivity contribution is 5.72. The molecule has 1 aromatic carbocycles. The third-order valence-corrected chi connectivity index (χ3v) is 3.91. The third kappa shape index (κ3) is 2.49. The van der Waals surface area contributed by atoms with E-state index in [-0.39, 0.29) is 5.69 Å². The summed E-state index contributed by atoms with van der Waals surface area (Å²) in [6.45, 7) is 0.315. The molecule has 2 aromatic rings. The fourth-order valence-corrected chi connectivity index (χ4v) is 2.77. The number of aliphatic carboxylic acids is 1. The highest BCUT2D eigenvalue weighted by Gasteiger charge is 2.30. The number of hydrogen-bond donors (Lipinski definition) is 1. The Morgan fingerprint density at radius 1 is 1.41 bits per heavy atom. The van der Waals surface area contributed by atoms with Crippen molar-refractivity contribution in [3.05, 3.63) is 46.1 Å². The summed E-state index contributed by atoms with van der Waals surface area (Å²) in [6, 6.07) is 6.55. The largest absolute Gasteiger partial charge is 0.497 e. The molecule has 0 bridgehead atoms. The van der Waals surface area contributed by atoms with Crippen molar-refractivity contribution >= 4 is 5.97 Å². The molecule has 7 heteroatoms. The van der Waals surface area contributed by atoms with E-state index >= 15 is 0 Å². The van der Waals surface area contributed by atoms with E-state index in [4.69, 9.17) is 4.74 Å². The molecule has 0 amide bonds. The number of nitrogens with zero attached hydrogens (tertiary/aromatic N) is 3. The molecule has 1 aliphatic rings. The minimum atomic E-state index is -0.980. The zero-order chi connectivity index (χ0) is 15.7. The Morgan fingerprint density at radius 2 is 2.14 bits per heavy atom. The summed E-state index contributed by atoms with van der Waals surface area (Å²) >= 11 is 0. The molecule has 3 rings (SSSR count). The Balaban J connectivity index is 1.92. The molecule has 0 saturated carbocycles. The van der Waals surface area contributed by atoms with Crippen LogP contribution in [0.4, 0.5) is 0 Å². The van der Waals surface area contributed by atoms with Crippen LogP contribution in [0.2, 0.25) is 0 Å². The van der Waals surface area contributed by atoms with Crippen LogP contribution in [0.15, 0.2) is 29.1 Å². The van der Waals surface area contributed by atoms with Crippen LogP contribution in [-0.4, -0.2) is 32.5 Å². The standard InChI is InChI=1S/C15H17N3O4/c1-22-11-7-5-10(6-8-11)9-17-15(21)18-12(14(19)20)3-2-4-13(18)16-17/h5-8,12H,2-4,9H2,1H3,(H,19,20). The lowest BCUT2D eigenvalue weighted by Gasteiger charge is -2.19. The number of fused-ring (bicyclic) bond motifs is 1. The number of ether oxygens (including phenoxy) is 1. The molecule has 1 aromatic heterocycles. The predicted molar refractivity (Wildman–Crippen MR) is 78.2 cm³/mol. The number of carboxylic acid groups (broad SMARTS) is 1. The highest BCUT2D eigenvalue weighted by atomic mass is 16.5. The second-order valence-corrected chi connectivity index (χ2v) is 5.32. The van der Waals surface area contributed by atoms with Gasteiger partial charge in [-0.1, -0.05) is 12.1 Å². The van der Waals surface area contributed by atoms with Gasteiger partial charge in [0.05, 0.1) is 13.7 Å². The quantitative estimate of drug-likeness (QED) is 0.913. The average Bonchev–Trinajstić information content (AvgIpc) is 2.84. The number of carboxylic acids is 1. The Morgan fingerprint density at radius 3 is 2.77 bits per heavy atom. The van der Waals surface area contributed by atoms with E-state index in [1.807, 2.05) is 24.3 Å². The lowest BCUT2D eigenvalue weighted by Crippen LogP contribution is -2.34. The molecule has 0 saturated heterocycles.